The van der Waals surface area contributed by atoms with E-state index in [0.29, 0.717) is 12.2 Å². The number of alkyl halides is 3. The van der Waals surface area contributed by atoms with E-state index >= 15 is 0 Å². The third-order valence-electron chi connectivity index (χ3n) is 2.16. The molecule has 2 aromatic rings. The molecule has 8 heteroatoms. The third kappa shape index (κ3) is 4.49. The Hall–Kier alpha value is -2.25. The van der Waals surface area contributed by atoms with E-state index in [0.717, 1.165) is 5.69 Å². The quantitative estimate of drug-likeness (QED) is 0.877. The van der Waals surface area contributed by atoms with E-state index < -0.39 is 12.8 Å². The summed E-state index contributed by atoms with van der Waals surface area (Å²) < 4.78 is 40.3. The molecule has 0 bridgehead atoms. The summed E-state index contributed by atoms with van der Waals surface area (Å²) in [4.78, 5) is 3.77. The van der Waals surface area contributed by atoms with Gasteiger partial charge in [-0.15, -0.1) is 0 Å². The van der Waals surface area contributed by atoms with Crippen LogP contribution in [0.3, 0.4) is 0 Å². The maximum absolute atomic E-state index is 11.9. The van der Waals surface area contributed by atoms with E-state index in [9.17, 15) is 13.2 Å². The molecule has 2 heterocycles. The Bertz CT molecular complexity index is 496. The normalized spacial score (nSPS) is 11.3. The number of nitrogens with zero attached hydrogens (tertiary/aromatic N) is 2. The molecule has 0 saturated heterocycles. The fraction of sp³-hybridized carbons (Fsp3) is 0.273. The summed E-state index contributed by atoms with van der Waals surface area (Å²) in [6.45, 7) is -0.828. The fourth-order valence-corrected chi connectivity index (χ4v) is 1.31. The number of rotatable bonds is 5. The predicted molar refractivity (Wildman–Crippen MR) is 61.7 cm³/mol. The van der Waals surface area contributed by atoms with Crippen LogP contribution in [0.15, 0.2) is 30.6 Å². The van der Waals surface area contributed by atoms with Crippen LogP contribution in [-0.2, 0) is 6.54 Å². The van der Waals surface area contributed by atoms with Crippen molar-refractivity contribution in [2.24, 2.45) is 0 Å². The average molecular weight is 272 g/mol. The number of aromatic amines is 1. The average Bonchev–Trinajstić information content (AvgIpc) is 2.87. The van der Waals surface area contributed by atoms with Crippen LogP contribution >= 0.6 is 0 Å². The number of H-pyrrole nitrogens is 1. The molecule has 0 radical (unpaired) electrons. The minimum Gasteiger partial charge on any atom is -0.468 e. The highest BCUT2D eigenvalue weighted by molar-refractivity contribution is 5.42. The first-order chi connectivity index (χ1) is 9.03. The SMILES string of the molecule is FC(F)(F)COc1ccc(NCc2ccn[nH]2)cn1. The first kappa shape index (κ1) is 13.2. The van der Waals surface area contributed by atoms with Crippen LogP contribution in [0.2, 0.25) is 0 Å². The maximum atomic E-state index is 11.9. The van der Waals surface area contributed by atoms with Crippen molar-refractivity contribution in [3.63, 3.8) is 0 Å². The smallest absolute Gasteiger partial charge is 0.422 e. The number of halogens is 3. The second-order valence-electron chi connectivity index (χ2n) is 3.72. The van der Waals surface area contributed by atoms with Gasteiger partial charge >= 0.3 is 6.18 Å². The largest absolute Gasteiger partial charge is 0.468 e. The standard InChI is InChI=1S/C11H11F3N4O/c12-11(13,14)7-19-10-2-1-8(5-16-10)15-6-9-3-4-17-18-9/h1-5,15H,6-7H2,(H,17,18). The fourth-order valence-electron chi connectivity index (χ4n) is 1.31. The third-order valence-corrected chi connectivity index (χ3v) is 2.16. The van der Waals surface area contributed by atoms with Crippen molar-refractivity contribution >= 4 is 5.69 Å². The Kier molecular flexibility index (Phi) is 3.88. The van der Waals surface area contributed by atoms with Crippen molar-refractivity contribution in [2.45, 2.75) is 12.7 Å². The second-order valence-corrected chi connectivity index (χ2v) is 3.72. The van der Waals surface area contributed by atoms with Gasteiger partial charge in [0.2, 0.25) is 5.88 Å². The highest BCUT2D eigenvalue weighted by atomic mass is 19.4. The molecule has 0 saturated carbocycles. The highest BCUT2D eigenvalue weighted by Crippen LogP contribution is 2.18. The summed E-state index contributed by atoms with van der Waals surface area (Å²) >= 11 is 0. The van der Waals surface area contributed by atoms with Gasteiger partial charge in [-0.2, -0.15) is 18.3 Å². The zero-order chi connectivity index (χ0) is 13.7. The molecule has 0 fully saturated rings. The molecule has 0 amide bonds. The van der Waals surface area contributed by atoms with E-state index in [4.69, 9.17) is 0 Å². The molecule has 0 spiro atoms. The second kappa shape index (κ2) is 5.59. The van der Waals surface area contributed by atoms with Gasteiger partial charge < -0.3 is 10.1 Å². The number of ether oxygens (including phenoxy) is 1. The minimum atomic E-state index is -4.36. The van der Waals surface area contributed by atoms with Crippen LogP contribution in [0.1, 0.15) is 5.69 Å². The molecule has 2 N–H and O–H groups in total. The summed E-state index contributed by atoms with van der Waals surface area (Å²) in [5, 5.41) is 9.60. The number of pyridine rings is 1. The Morgan fingerprint density at radius 3 is 2.68 bits per heavy atom. The van der Waals surface area contributed by atoms with E-state index in [1.807, 2.05) is 0 Å². The number of nitrogens with one attached hydrogen (secondary N) is 2. The first-order valence-electron chi connectivity index (χ1n) is 5.41. The molecule has 19 heavy (non-hydrogen) atoms. The summed E-state index contributed by atoms with van der Waals surface area (Å²) in [5.74, 6) is -0.0654. The number of aromatic nitrogens is 3. The maximum Gasteiger partial charge on any atom is 0.422 e. The molecule has 5 nitrogen and oxygen atoms in total. The number of anilines is 1. The van der Waals surface area contributed by atoms with Crippen LogP contribution in [0.5, 0.6) is 5.88 Å². The lowest BCUT2D eigenvalue weighted by molar-refractivity contribution is -0.154. The Morgan fingerprint density at radius 2 is 2.11 bits per heavy atom. The van der Waals surface area contributed by atoms with Crippen molar-refractivity contribution < 1.29 is 17.9 Å². The molecule has 0 atom stereocenters. The number of hydrogen-bond acceptors (Lipinski definition) is 4. The molecular weight excluding hydrogens is 261 g/mol. The molecule has 0 aliphatic rings. The van der Waals surface area contributed by atoms with Gasteiger partial charge in [0.15, 0.2) is 6.61 Å². The molecule has 2 rings (SSSR count). The van der Waals surface area contributed by atoms with E-state index in [-0.39, 0.29) is 5.88 Å². The van der Waals surface area contributed by atoms with Crippen LogP contribution in [0.25, 0.3) is 0 Å². The molecule has 0 aliphatic carbocycles. The Balaban J connectivity index is 1.84. The minimum absolute atomic E-state index is 0.0654. The van der Waals surface area contributed by atoms with Gasteiger partial charge in [-0.1, -0.05) is 0 Å². The highest BCUT2D eigenvalue weighted by Gasteiger charge is 2.28. The van der Waals surface area contributed by atoms with Gasteiger partial charge in [-0.05, 0) is 12.1 Å². The van der Waals surface area contributed by atoms with Gasteiger partial charge in [0.05, 0.1) is 24.1 Å². The Morgan fingerprint density at radius 1 is 1.26 bits per heavy atom. The Labute approximate surface area is 106 Å². The van der Waals surface area contributed by atoms with Crippen molar-refractivity contribution in [2.75, 3.05) is 11.9 Å². The van der Waals surface area contributed by atoms with E-state index in [2.05, 4.69) is 25.2 Å². The van der Waals surface area contributed by atoms with Gasteiger partial charge in [-0.3, -0.25) is 5.10 Å². The lowest BCUT2D eigenvalue weighted by Gasteiger charge is -2.09. The van der Waals surface area contributed by atoms with E-state index in [1.165, 1.54) is 12.3 Å². The molecule has 0 aliphatic heterocycles. The van der Waals surface area contributed by atoms with Gasteiger partial charge in [0.1, 0.15) is 0 Å². The molecule has 0 unspecified atom stereocenters. The summed E-state index contributed by atoms with van der Waals surface area (Å²) in [7, 11) is 0. The van der Waals surface area contributed by atoms with E-state index in [1.54, 1.807) is 18.3 Å². The van der Waals surface area contributed by atoms with Crippen molar-refractivity contribution in [3.8, 4) is 5.88 Å². The van der Waals surface area contributed by atoms with Crippen LogP contribution in [0.4, 0.5) is 18.9 Å². The monoisotopic (exact) mass is 272 g/mol. The van der Waals surface area contributed by atoms with Crippen LogP contribution in [-0.4, -0.2) is 28.0 Å². The molecule has 102 valence electrons. The molecule has 0 aromatic carbocycles. The zero-order valence-electron chi connectivity index (χ0n) is 9.74. The topological polar surface area (TPSA) is 62.8 Å². The summed E-state index contributed by atoms with van der Waals surface area (Å²) in [5.41, 5.74) is 1.56. The van der Waals surface area contributed by atoms with Crippen LogP contribution in [0, 0.1) is 0 Å². The van der Waals surface area contributed by atoms with Crippen molar-refractivity contribution in [1.29, 1.82) is 0 Å². The zero-order valence-corrected chi connectivity index (χ0v) is 9.74. The molecule has 2 aromatic heterocycles. The van der Waals surface area contributed by atoms with Gasteiger partial charge in [0, 0.05) is 12.3 Å². The molecular formula is C11H11F3N4O. The van der Waals surface area contributed by atoms with Crippen molar-refractivity contribution in [3.05, 3.63) is 36.3 Å². The van der Waals surface area contributed by atoms with Gasteiger partial charge in [0.25, 0.3) is 0 Å². The summed E-state index contributed by atoms with van der Waals surface area (Å²) in [6, 6.07) is 4.78. The first-order valence-corrected chi connectivity index (χ1v) is 5.41. The van der Waals surface area contributed by atoms with Crippen molar-refractivity contribution in [1.82, 2.24) is 15.2 Å². The summed E-state index contributed by atoms with van der Waals surface area (Å²) in [6.07, 6.45) is -1.33. The predicted octanol–water partition coefficient (Wildman–Crippen LogP) is 2.36. The lowest BCUT2D eigenvalue weighted by Crippen LogP contribution is -2.19. The van der Waals surface area contributed by atoms with Gasteiger partial charge in [-0.25, -0.2) is 4.98 Å². The number of hydrogen-bond donors (Lipinski definition) is 2. The lowest BCUT2D eigenvalue weighted by atomic mass is 10.4. The van der Waals surface area contributed by atoms with Crippen LogP contribution < -0.4 is 10.1 Å².